The Hall–Kier alpha value is -3.20. The third-order valence-electron chi connectivity index (χ3n) is 4.54. The predicted octanol–water partition coefficient (Wildman–Crippen LogP) is 5.07. The molecule has 0 fully saturated rings. The van der Waals surface area contributed by atoms with Gasteiger partial charge in [-0.15, -0.1) is 0 Å². The zero-order valence-electron chi connectivity index (χ0n) is 16.8. The van der Waals surface area contributed by atoms with Gasteiger partial charge in [-0.25, -0.2) is 14.8 Å². The minimum Gasteiger partial charge on any atom is -0.272 e. The summed E-state index contributed by atoms with van der Waals surface area (Å²) in [6.07, 6.45) is 1.14. The molecule has 1 N–H and O–H groups in total. The van der Waals surface area contributed by atoms with E-state index in [1.54, 1.807) is 48.5 Å². The minimum absolute atomic E-state index is 0.0693. The number of halogens is 3. The molecule has 4 rings (SSSR count). The van der Waals surface area contributed by atoms with E-state index in [1.165, 1.54) is 22.8 Å². The number of thioether (sulfide) groups is 1. The van der Waals surface area contributed by atoms with Crippen LogP contribution in [0.25, 0.3) is 16.6 Å². The van der Waals surface area contributed by atoms with Gasteiger partial charge in [-0.1, -0.05) is 53.2 Å². The SMILES string of the molecule is O=C(CSc1nc2ccccc2c(=O)n1-c1ccc(Cl)cc1)N/N=C\c1c(F)cccc1Cl. The average molecular weight is 501 g/mol. The second kappa shape index (κ2) is 10.2. The van der Waals surface area contributed by atoms with Gasteiger partial charge in [0.15, 0.2) is 5.16 Å². The molecule has 0 aliphatic carbocycles. The van der Waals surface area contributed by atoms with Crippen LogP contribution in [0.4, 0.5) is 4.39 Å². The number of nitrogens with one attached hydrogen (secondary N) is 1. The summed E-state index contributed by atoms with van der Waals surface area (Å²) >= 11 is 13.0. The van der Waals surface area contributed by atoms with Gasteiger partial charge in [0.25, 0.3) is 11.5 Å². The number of nitrogens with zero attached hydrogens (tertiary/aromatic N) is 3. The van der Waals surface area contributed by atoms with Crippen molar-refractivity contribution < 1.29 is 9.18 Å². The molecule has 0 aliphatic rings. The first-order chi connectivity index (χ1) is 15.9. The highest BCUT2D eigenvalue weighted by molar-refractivity contribution is 7.99. The van der Waals surface area contributed by atoms with Crippen molar-refractivity contribution in [2.45, 2.75) is 5.16 Å². The van der Waals surface area contributed by atoms with Gasteiger partial charge in [-0.05, 0) is 48.5 Å². The Bertz CT molecular complexity index is 1400. The fourth-order valence-corrected chi connectivity index (χ4v) is 4.14. The Morgan fingerprint density at radius 1 is 1.09 bits per heavy atom. The van der Waals surface area contributed by atoms with E-state index in [0.717, 1.165) is 18.0 Å². The molecule has 0 spiro atoms. The first-order valence-electron chi connectivity index (χ1n) is 9.60. The molecule has 0 saturated carbocycles. The fraction of sp³-hybridized carbons (Fsp3) is 0.0435. The summed E-state index contributed by atoms with van der Waals surface area (Å²) in [5, 5.41) is 5.25. The standard InChI is InChI=1S/C23H15Cl2FN4O2S/c24-14-8-10-15(11-9-14)30-22(32)16-4-1-2-7-20(16)28-23(30)33-13-21(31)29-27-12-17-18(25)5-3-6-19(17)26/h1-12H,13H2,(H,29,31)/b27-12-. The Labute approximate surface area is 202 Å². The molecule has 0 bridgehead atoms. The van der Waals surface area contributed by atoms with Crippen molar-refractivity contribution in [3.05, 3.63) is 98.5 Å². The lowest BCUT2D eigenvalue weighted by Gasteiger charge is -2.13. The van der Waals surface area contributed by atoms with Gasteiger partial charge in [-0.3, -0.25) is 14.2 Å². The highest BCUT2D eigenvalue weighted by Crippen LogP contribution is 2.22. The first kappa shape index (κ1) is 23.0. The van der Waals surface area contributed by atoms with Crippen LogP contribution < -0.4 is 11.0 Å². The van der Waals surface area contributed by atoms with Crippen molar-refractivity contribution >= 4 is 58.0 Å². The number of hydrazone groups is 1. The fourth-order valence-electron chi connectivity index (χ4n) is 2.99. The number of fused-ring (bicyclic) bond motifs is 1. The topological polar surface area (TPSA) is 76.3 Å². The van der Waals surface area contributed by atoms with Crippen molar-refractivity contribution in [2.24, 2.45) is 5.10 Å². The van der Waals surface area contributed by atoms with Crippen LogP contribution in [-0.4, -0.2) is 27.4 Å². The Morgan fingerprint density at radius 2 is 1.85 bits per heavy atom. The largest absolute Gasteiger partial charge is 0.272 e. The third kappa shape index (κ3) is 5.24. The summed E-state index contributed by atoms with van der Waals surface area (Å²) in [5.74, 6) is -1.10. The lowest BCUT2D eigenvalue weighted by Crippen LogP contribution is -2.24. The van der Waals surface area contributed by atoms with E-state index in [4.69, 9.17) is 23.2 Å². The number of hydrogen-bond donors (Lipinski definition) is 1. The number of para-hydroxylation sites is 1. The number of carbonyl (C=O) groups excluding carboxylic acids is 1. The molecule has 1 amide bonds. The van der Waals surface area contributed by atoms with E-state index in [2.05, 4.69) is 15.5 Å². The molecule has 0 radical (unpaired) electrons. The second-order valence-corrected chi connectivity index (χ2v) is 8.53. The summed E-state index contributed by atoms with van der Waals surface area (Å²) in [6.45, 7) is 0. The van der Waals surface area contributed by atoms with Crippen LogP contribution in [0.1, 0.15) is 5.56 Å². The number of hydrogen-bond acceptors (Lipinski definition) is 5. The monoisotopic (exact) mass is 500 g/mol. The van der Waals surface area contributed by atoms with Gasteiger partial charge in [0.05, 0.1) is 33.6 Å². The maximum absolute atomic E-state index is 13.8. The van der Waals surface area contributed by atoms with Crippen molar-refractivity contribution in [3.8, 4) is 5.69 Å². The summed E-state index contributed by atoms with van der Waals surface area (Å²) in [5.41, 5.74) is 3.21. The predicted molar refractivity (Wildman–Crippen MR) is 130 cm³/mol. The highest BCUT2D eigenvalue weighted by atomic mass is 35.5. The zero-order valence-corrected chi connectivity index (χ0v) is 19.2. The minimum atomic E-state index is -0.554. The lowest BCUT2D eigenvalue weighted by molar-refractivity contribution is -0.118. The molecule has 3 aromatic carbocycles. The Kier molecular flexibility index (Phi) is 7.08. The molecule has 6 nitrogen and oxygen atoms in total. The number of amides is 1. The first-order valence-corrected chi connectivity index (χ1v) is 11.3. The summed E-state index contributed by atoms with van der Waals surface area (Å²) in [6, 6.07) is 17.9. The Morgan fingerprint density at radius 3 is 2.61 bits per heavy atom. The van der Waals surface area contributed by atoms with Crippen molar-refractivity contribution in [1.29, 1.82) is 0 Å². The van der Waals surface area contributed by atoms with E-state index in [0.29, 0.717) is 26.8 Å². The molecule has 1 aromatic heterocycles. The van der Waals surface area contributed by atoms with Gasteiger partial charge in [0.2, 0.25) is 0 Å². The van der Waals surface area contributed by atoms with Crippen molar-refractivity contribution in [2.75, 3.05) is 5.75 Å². The summed E-state index contributed by atoms with van der Waals surface area (Å²) in [7, 11) is 0. The maximum atomic E-state index is 13.8. The van der Waals surface area contributed by atoms with Crippen LogP contribution in [0, 0.1) is 5.82 Å². The number of benzene rings is 3. The second-order valence-electron chi connectivity index (χ2n) is 6.75. The van der Waals surface area contributed by atoms with Crippen LogP contribution in [0.2, 0.25) is 10.0 Å². The van der Waals surface area contributed by atoms with E-state index < -0.39 is 11.7 Å². The molecular formula is C23H15Cl2FN4O2S. The van der Waals surface area contributed by atoms with Crippen LogP contribution in [-0.2, 0) is 4.79 Å². The third-order valence-corrected chi connectivity index (χ3v) is 6.06. The molecule has 0 saturated heterocycles. The van der Waals surface area contributed by atoms with Gasteiger partial charge in [0.1, 0.15) is 5.82 Å². The van der Waals surface area contributed by atoms with Gasteiger partial charge >= 0.3 is 0 Å². The van der Waals surface area contributed by atoms with Gasteiger partial charge in [-0.2, -0.15) is 5.10 Å². The molecule has 10 heteroatoms. The quantitative estimate of drug-likeness (QED) is 0.173. The van der Waals surface area contributed by atoms with Crippen LogP contribution >= 0.6 is 35.0 Å². The van der Waals surface area contributed by atoms with Crippen LogP contribution in [0.3, 0.4) is 0 Å². The molecular weight excluding hydrogens is 486 g/mol. The smallest absolute Gasteiger partial charge is 0.266 e. The average Bonchev–Trinajstić information content (AvgIpc) is 2.80. The van der Waals surface area contributed by atoms with Crippen LogP contribution in [0.5, 0.6) is 0 Å². The number of rotatable bonds is 6. The molecule has 1 heterocycles. The molecule has 4 aromatic rings. The van der Waals surface area contributed by atoms with Gasteiger partial charge < -0.3 is 0 Å². The van der Waals surface area contributed by atoms with E-state index in [1.807, 2.05) is 0 Å². The molecule has 0 aliphatic heterocycles. The molecule has 0 unspecified atom stereocenters. The number of aromatic nitrogens is 2. The van der Waals surface area contributed by atoms with E-state index in [9.17, 15) is 14.0 Å². The maximum Gasteiger partial charge on any atom is 0.266 e. The zero-order chi connectivity index (χ0) is 23.4. The highest BCUT2D eigenvalue weighted by Gasteiger charge is 2.15. The van der Waals surface area contributed by atoms with Gasteiger partial charge in [0, 0.05) is 10.6 Å². The van der Waals surface area contributed by atoms with E-state index >= 15 is 0 Å². The normalized spacial score (nSPS) is 11.2. The molecule has 166 valence electrons. The lowest BCUT2D eigenvalue weighted by atomic mass is 10.2. The Balaban J connectivity index is 1.57. The van der Waals surface area contributed by atoms with Crippen molar-refractivity contribution in [3.63, 3.8) is 0 Å². The van der Waals surface area contributed by atoms with Crippen LogP contribution in [0.15, 0.2) is 81.8 Å². The summed E-state index contributed by atoms with van der Waals surface area (Å²) < 4.78 is 15.2. The molecule has 0 atom stereocenters. The summed E-state index contributed by atoms with van der Waals surface area (Å²) in [4.78, 5) is 30.1. The van der Waals surface area contributed by atoms with E-state index in [-0.39, 0.29) is 21.9 Å². The number of carbonyl (C=O) groups is 1. The molecule has 33 heavy (non-hydrogen) atoms. The van der Waals surface area contributed by atoms with Crippen molar-refractivity contribution in [1.82, 2.24) is 15.0 Å².